The number of hydrogen-bond donors (Lipinski definition) is 1. The van der Waals surface area contributed by atoms with E-state index in [1.54, 1.807) is 6.07 Å². The average molecular weight is 450 g/mol. The molecule has 0 fully saturated rings. The number of carboxylic acid groups (broad SMARTS) is 1. The maximum absolute atomic E-state index is 12.5. The molecule has 0 heterocycles. The lowest BCUT2D eigenvalue weighted by molar-refractivity contribution is -0.144. The van der Waals surface area contributed by atoms with Crippen molar-refractivity contribution in [1.29, 1.82) is 0 Å². The fourth-order valence-electron chi connectivity index (χ4n) is 2.93. The summed E-state index contributed by atoms with van der Waals surface area (Å²) >= 11 is 0. The molecule has 0 aromatic heterocycles. The van der Waals surface area contributed by atoms with Crippen LogP contribution < -0.4 is 14.2 Å². The molecule has 7 heteroatoms. The van der Waals surface area contributed by atoms with Crippen LogP contribution in [-0.2, 0) is 9.59 Å². The number of carbonyl (C=O) groups is 3. The zero-order chi connectivity index (χ0) is 24.0. The minimum atomic E-state index is -1.50. The summed E-state index contributed by atoms with van der Waals surface area (Å²) in [6.07, 6.45) is 0.670. The summed E-state index contributed by atoms with van der Waals surface area (Å²) in [5, 5.41) is 10.4. The highest BCUT2D eigenvalue weighted by Gasteiger charge is 2.28. The predicted octanol–water partition coefficient (Wildman–Crippen LogP) is 4.91. The monoisotopic (exact) mass is 450 g/mol. The van der Waals surface area contributed by atoms with Crippen LogP contribution in [0.1, 0.15) is 37.6 Å². The predicted molar refractivity (Wildman–Crippen MR) is 123 cm³/mol. The van der Waals surface area contributed by atoms with Crippen LogP contribution in [0.2, 0.25) is 0 Å². The normalized spacial score (nSPS) is 11.1. The molecule has 0 spiro atoms. The van der Waals surface area contributed by atoms with Gasteiger partial charge in [0.1, 0.15) is 30.5 Å². The Morgan fingerprint density at radius 2 is 1.52 bits per heavy atom. The third-order valence-electron chi connectivity index (χ3n) is 5.38. The number of carbonyl (C=O) groups excluding carboxylic acids is 2. The number of aliphatic carboxylic acids is 1. The van der Waals surface area contributed by atoms with E-state index in [1.807, 2.05) is 51.1 Å². The first-order valence-corrected chi connectivity index (χ1v) is 10.6. The molecule has 7 nitrogen and oxygen atoms in total. The first-order valence-electron chi connectivity index (χ1n) is 10.6. The van der Waals surface area contributed by atoms with Crippen molar-refractivity contribution in [1.82, 2.24) is 0 Å². The molecule has 172 valence electrons. The fraction of sp³-hybridized carbons (Fsp3) is 0.269. The Kier molecular flexibility index (Phi) is 7.33. The Morgan fingerprint density at radius 3 is 2.15 bits per heavy atom. The van der Waals surface area contributed by atoms with Crippen LogP contribution in [-0.4, -0.2) is 36.0 Å². The fourth-order valence-corrected chi connectivity index (χ4v) is 2.93. The highest BCUT2D eigenvalue weighted by molar-refractivity contribution is 6.39. The van der Waals surface area contributed by atoms with Crippen molar-refractivity contribution < 1.29 is 33.7 Å². The van der Waals surface area contributed by atoms with Crippen LogP contribution in [0.5, 0.6) is 17.2 Å². The van der Waals surface area contributed by atoms with E-state index in [0.29, 0.717) is 23.7 Å². The Bertz CT molecular complexity index is 1160. The highest BCUT2D eigenvalue weighted by Crippen LogP contribution is 2.31. The summed E-state index contributed by atoms with van der Waals surface area (Å²) in [6.45, 7) is 6.15. The molecule has 1 N–H and O–H groups in total. The number of Topliss-reactive ketones (excluding diaryl/α,β-unsaturated/α-hetero) is 1. The Balaban J connectivity index is 1.61. The molecule has 0 aliphatic rings. The molecule has 0 radical (unpaired) electrons. The van der Waals surface area contributed by atoms with Crippen LogP contribution in [0.15, 0.2) is 60.7 Å². The number of rotatable bonds is 10. The number of ether oxygens (including phenoxy) is 3. The second kappa shape index (κ2) is 10.2. The quantitative estimate of drug-likeness (QED) is 0.154. The Labute approximate surface area is 191 Å². The molecule has 0 atom stereocenters. The highest BCUT2D eigenvalue weighted by atomic mass is 16.5. The van der Waals surface area contributed by atoms with E-state index in [9.17, 15) is 14.4 Å². The summed E-state index contributed by atoms with van der Waals surface area (Å²) in [7, 11) is 0. The lowest BCUT2D eigenvalue weighted by Crippen LogP contribution is -2.28. The van der Waals surface area contributed by atoms with Crippen molar-refractivity contribution in [2.24, 2.45) is 5.41 Å². The van der Waals surface area contributed by atoms with E-state index in [-0.39, 0.29) is 24.7 Å². The van der Waals surface area contributed by atoms with Gasteiger partial charge in [0, 0.05) is 10.9 Å². The third-order valence-corrected chi connectivity index (χ3v) is 5.38. The Morgan fingerprint density at radius 1 is 0.879 bits per heavy atom. The second-order valence-corrected chi connectivity index (χ2v) is 8.12. The van der Waals surface area contributed by atoms with Gasteiger partial charge in [0.2, 0.25) is 0 Å². The number of esters is 1. The molecule has 3 aromatic carbocycles. The standard InChI is InChI=1S/C26H26O7/c1-4-26(2,3)25(30)33-22-7-5-6-17-8-13-20(16-21(17)22)32-15-14-31-19-11-9-18(10-12-19)23(27)24(28)29/h5-13,16H,4,14-15H2,1-3H3,(H,28,29). The van der Waals surface area contributed by atoms with Crippen molar-refractivity contribution in [3.63, 3.8) is 0 Å². The zero-order valence-electron chi connectivity index (χ0n) is 18.8. The van der Waals surface area contributed by atoms with Gasteiger partial charge in [-0.15, -0.1) is 0 Å². The van der Waals surface area contributed by atoms with Crippen molar-refractivity contribution in [2.75, 3.05) is 13.2 Å². The molecule has 0 saturated heterocycles. The number of benzene rings is 3. The molecule has 0 unspecified atom stereocenters. The van der Waals surface area contributed by atoms with Gasteiger partial charge in [-0.25, -0.2) is 4.79 Å². The van der Waals surface area contributed by atoms with Gasteiger partial charge >= 0.3 is 11.9 Å². The topological polar surface area (TPSA) is 99.1 Å². The van der Waals surface area contributed by atoms with Gasteiger partial charge in [-0.3, -0.25) is 9.59 Å². The van der Waals surface area contributed by atoms with E-state index in [0.717, 1.165) is 10.8 Å². The van der Waals surface area contributed by atoms with Gasteiger partial charge in [-0.2, -0.15) is 0 Å². The van der Waals surface area contributed by atoms with Crippen LogP contribution in [0, 0.1) is 5.41 Å². The summed E-state index contributed by atoms with van der Waals surface area (Å²) < 4.78 is 17.0. The zero-order valence-corrected chi connectivity index (χ0v) is 18.8. The second-order valence-electron chi connectivity index (χ2n) is 8.12. The number of carboxylic acids is 1. The van der Waals surface area contributed by atoms with Crippen molar-refractivity contribution in [3.05, 3.63) is 66.2 Å². The van der Waals surface area contributed by atoms with Crippen LogP contribution >= 0.6 is 0 Å². The van der Waals surface area contributed by atoms with Crippen molar-refractivity contribution in [2.45, 2.75) is 27.2 Å². The molecule has 0 amide bonds. The third kappa shape index (κ3) is 5.88. The van der Waals surface area contributed by atoms with Gasteiger partial charge in [-0.1, -0.05) is 25.1 Å². The van der Waals surface area contributed by atoms with Gasteiger partial charge in [-0.05, 0) is 68.1 Å². The molecule has 0 aliphatic heterocycles. The average Bonchev–Trinajstić information content (AvgIpc) is 2.82. The van der Waals surface area contributed by atoms with Crippen molar-refractivity contribution in [3.8, 4) is 17.2 Å². The molecule has 3 aromatic rings. The summed E-state index contributed by atoms with van der Waals surface area (Å²) in [6, 6.07) is 17.0. The first-order chi connectivity index (χ1) is 15.7. The van der Waals surface area contributed by atoms with Gasteiger partial charge in [0.25, 0.3) is 5.78 Å². The lowest BCUT2D eigenvalue weighted by atomic mass is 9.91. The molecule has 0 saturated carbocycles. The summed E-state index contributed by atoms with van der Waals surface area (Å²) in [4.78, 5) is 34.7. The SMILES string of the molecule is CCC(C)(C)C(=O)Oc1cccc2ccc(OCCOc3ccc(C(=O)C(=O)O)cc3)cc12. The minimum absolute atomic E-state index is 0.0843. The van der Waals surface area contributed by atoms with E-state index in [2.05, 4.69) is 0 Å². The number of fused-ring (bicyclic) bond motifs is 1. The molecule has 33 heavy (non-hydrogen) atoms. The minimum Gasteiger partial charge on any atom is -0.490 e. The molecule has 0 aliphatic carbocycles. The van der Waals surface area contributed by atoms with Crippen LogP contribution in [0.25, 0.3) is 10.8 Å². The first kappa shape index (κ1) is 23.8. The molecular formula is C26H26O7. The maximum atomic E-state index is 12.5. The van der Waals surface area contributed by atoms with Crippen molar-refractivity contribution >= 4 is 28.5 Å². The number of ketones is 1. The smallest absolute Gasteiger partial charge is 0.377 e. The van der Waals surface area contributed by atoms with Crippen LogP contribution in [0.4, 0.5) is 0 Å². The number of hydrogen-bond acceptors (Lipinski definition) is 6. The van der Waals surface area contributed by atoms with E-state index >= 15 is 0 Å². The van der Waals surface area contributed by atoms with E-state index < -0.39 is 17.2 Å². The summed E-state index contributed by atoms with van der Waals surface area (Å²) in [5.41, 5.74) is -0.492. The van der Waals surface area contributed by atoms with Gasteiger partial charge in [0.05, 0.1) is 5.41 Å². The molecular weight excluding hydrogens is 424 g/mol. The Hall–Kier alpha value is -3.87. The lowest BCUT2D eigenvalue weighted by Gasteiger charge is -2.20. The van der Waals surface area contributed by atoms with E-state index in [4.69, 9.17) is 19.3 Å². The largest absolute Gasteiger partial charge is 0.490 e. The molecule has 0 bridgehead atoms. The van der Waals surface area contributed by atoms with E-state index in [1.165, 1.54) is 24.3 Å². The van der Waals surface area contributed by atoms with Crippen LogP contribution in [0.3, 0.4) is 0 Å². The summed E-state index contributed by atoms with van der Waals surface area (Å²) in [5.74, 6) is -1.17. The van der Waals surface area contributed by atoms with Gasteiger partial charge < -0.3 is 19.3 Å². The molecule has 3 rings (SSSR count). The maximum Gasteiger partial charge on any atom is 0.377 e. The van der Waals surface area contributed by atoms with Gasteiger partial charge in [0.15, 0.2) is 0 Å².